The van der Waals surface area contributed by atoms with Crippen molar-refractivity contribution in [2.75, 3.05) is 9.80 Å². The van der Waals surface area contributed by atoms with E-state index in [0.29, 0.717) is 0 Å². The van der Waals surface area contributed by atoms with E-state index in [1.165, 1.54) is 43.6 Å². The smallest absolute Gasteiger partial charge is 0.178 e. The highest BCUT2D eigenvalue weighted by molar-refractivity contribution is 6.25. The Kier molecular flexibility index (Phi) is 8.10. The van der Waals surface area contributed by atoms with Crippen LogP contribution in [0.25, 0.3) is 109 Å². The zero-order valence-electron chi connectivity index (χ0n) is 38.4. The van der Waals surface area contributed by atoms with Crippen LogP contribution in [0.3, 0.4) is 0 Å². The summed E-state index contributed by atoms with van der Waals surface area (Å²) in [6, 6.07) is 78.7. The van der Waals surface area contributed by atoms with Crippen molar-refractivity contribution in [2.24, 2.45) is 14.1 Å². The van der Waals surface area contributed by atoms with Gasteiger partial charge in [0.05, 0.1) is 0 Å². The van der Waals surface area contributed by atoms with Crippen LogP contribution < -0.4 is 9.80 Å². The summed E-state index contributed by atoms with van der Waals surface area (Å²) >= 11 is 0. The Morgan fingerprint density at radius 2 is 0.600 bits per heavy atom. The second-order valence-corrected chi connectivity index (χ2v) is 18.6. The van der Waals surface area contributed by atoms with Crippen molar-refractivity contribution in [1.29, 1.82) is 0 Å². The van der Waals surface area contributed by atoms with Gasteiger partial charge in [-0.2, -0.15) is 0 Å². The van der Waals surface area contributed by atoms with Gasteiger partial charge in [-0.3, -0.25) is 0 Å². The number of benzene rings is 11. The predicted octanol–water partition coefficient (Wildman–Crippen LogP) is 18.0. The molecule has 0 amide bonds. The van der Waals surface area contributed by atoms with Crippen LogP contribution in [0.4, 0.5) is 34.1 Å². The lowest BCUT2D eigenvalue weighted by atomic mass is 10.0. The summed E-state index contributed by atoms with van der Waals surface area (Å²) in [4.78, 5) is 4.69. The molecule has 0 aliphatic heterocycles. The van der Waals surface area contributed by atoms with E-state index in [2.05, 4.69) is 251 Å². The van der Waals surface area contributed by atoms with E-state index in [1.807, 2.05) is 0 Å². The predicted molar refractivity (Wildman–Crippen MR) is 293 cm³/mol. The normalized spacial score (nSPS) is 12.1. The second-order valence-electron chi connectivity index (χ2n) is 18.6. The molecule has 70 heavy (non-hydrogen) atoms. The monoisotopic (exact) mass is 898 g/mol. The minimum absolute atomic E-state index is 0.762. The number of aryl methyl sites for hydroxylation is 2. The van der Waals surface area contributed by atoms with Gasteiger partial charge < -0.3 is 27.8 Å². The van der Waals surface area contributed by atoms with Gasteiger partial charge in [-0.1, -0.05) is 84.9 Å². The Bertz CT molecular complexity index is 4340. The molecular formula is C64H42N4O2. The molecule has 0 N–H and O–H groups in total. The highest BCUT2D eigenvalue weighted by Gasteiger charge is 2.22. The molecule has 15 aromatic rings. The molecule has 0 saturated carbocycles. The Morgan fingerprint density at radius 3 is 1.06 bits per heavy atom. The molecule has 0 unspecified atom stereocenters. The zero-order valence-corrected chi connectivity index (χ0v) is 38.4. The van der Waals surface area contributed by atoms with Crippen LogP contribution in [0.1, 0.15) is 0 Å². The summed E-state index contributed by atoms with van der Waals surface area (Å²) in [5.41, 5.74) is 14.6. The van der Waals surface area contributed by atoms with Gasteiger partial charge in [-0.15, -0.1) is 0 Å². The highest BCUT2D eigenvalue weighted by atomic mass is 16.4. The summed E-state index contributed by atoms with van der Waals surface area (Å²) in [6.07, 6.45) is 0. The maximum atomic E-state index is 6.97. The molecule has 0 spiro atoms. The summed E-state index contributed by atoms with van der Waals surface area (Å²) in [5.74, 6) is 0. The Morgan fingerprint density at radius 1 is 0.257 bits per heavy atom. The molecule has 0 atom stereocenters. The minimum atomic E-state index is 0.762. The first kappa shape index (κ1) is 38.8. The molecule has 4 aromatic heterocycles. The van der Waals surface area contributed by atoms with E-state index in [-0.39, 0.29) is 0 Å². The van der Waals surface area contributed by atoms with Crippen molar-refractivity contribution in [2.45, 2.75) is 0 Å². The summed E-state index contributed by atoms with van der Waals surface area (Å²) in [6.45, 7) is 0. The standard InChI is InChI=1S/C64H42N4O2/c1-65-57-19-11-9-17-49(57)55-37-45(25-33-59(55)65)67(41-13-5-3-6-14-41)43-23-29-47-39(35-43)21-27-51-53-31-32-54-52-28-22-40-36-44(24-30-48(40)62(52)70-64(54)63(53)69-61(47)51)68(42-15-7-4-8-16-42)46-26-34-60-56(38-46)50-18-10-12-20-58(50)66(60)2/h3-38H,1-2H3. The lowest BCUT2D eigenvalue weighted by Gasteiger charge is -2.26. The number of aromatic nitrogens is 2. The van der Waals surface area contributed by atoms with Crippen LogP contribution >= 0.6 is 0 Å². The highest BCUT2D eigenvalue weighted by Crippen LogP contribution is 2.46. The van der Waals surface area contributed by atoms with E-state index >= 15 is 0 Å². The number of fused-ring (bicyclic) bond motifs is 17. The number of furan rings is 2. The summed E-state index contributed by atoms with van der Waals surface area (Å²) < 4.78 is 18.5. The SMILES string of the molecule is Cn1c2ccccc2c2cc(N(c3ccccc3)c3ccc4c(ccc5c6ccc7c8ccc9cc(N(c%10ccccc%10)c%10ccc%11c(c%10)c%10ccccc%10n%11C)ccc9c8oc7c6oc45)c3)ccc21. The largest absolute Gasteiger partial charge is 0.451 e. The van der Waals surface area contributed by atoms with Crippen molar-refractivity contribution in [3.63, 3.8) is 0 Å². The summed E-state index contributed by atoms with van der Waals surface area (Å²) in [7, 11) is 4.29. The lowest BCUT2D eigenvalue weighted by molar-refractivity contribution is 0.637. The van der Waals surface area contributed by atoms with E-state index < -0.39 is 0 Å². The average molecular weight is 899 g/mol. The van der Waals surface area contributed by atoms with E-state index in [9.17, 15) is 0 Å². The van der Waals surface area contributed by atoms with Crippen molar-refractivity contribution in [3.8, 4) is 0 Å². The molecule has 330 valence electrons. The van der Waals surface area contributed by atoms with Crippen molar-refractivity contribution in [1.82, 2.24) is 9.13 Å². The van der Waals surface area contributed by atoms with E-state index in [0.717, 1.165) is 99.5 Å². The van der Waals surface area contributed by atoms with Gasteiger partial charge in [0, 0.05) is 124 Å². The number of hydrogen-bond acceptors (Lipinski definition) is 4. The number of hydrogen-bond donors (Lipinski definition) is 0. The van der Waals surface area contributed by atoms with Gasteiger partial charge in [0.15, 0.2) is 11.2 Å². The third kappa shape index (κ3) is 5.56. The fourth-order valence-corrected chi connectivity index (χ4v) is 11.5. The van der Waals surface area contributed by atoms with Crippen LogP contribution in [0.5, 0.6) is 0 Å². The lowest BCUT2D eigenvalue weighted by Crippen LogP contribution is -2.09. The molecule has 4 heterocycles. The van der Waals surface area contributed by atoms with Crippen molar-refractivity contribution >= 4 is 143 Å². The zero-order chi connectivity index (χ0) is 46.2. The van der Waals surface area contributed by atoms with Gasteiger partial charge in [0.1, 0.15) is 11.2 Å². The van der Waals surface area contributed by atoms with Crippen molar-refractivity contribution < 1.29 is 8.83 Å². The molecule has 0 aliphatic carbocycles. The third-order valence-corrected chi connectivity index (χ3v) is 14.9. The van der Waals surface area contributed by atoms with Gasteiger partial charge in [0.2, 0.25) is 0 Å². The molecule has 6 nitrogen and oxygen atoms in total. The molecule has 15 rings (SSSR count). The quantitative estimate of drug-likeness (QED) is 0.167. The first-order valence-corrected chi connectivity index (χ1v) is 23.9. The molecule has 0 fully saturated rings. The molecule has 6 heteroatoms. The van der Waals surface area contributed by atoms with E-state index in [4.69, 9.17) is 8.83 Å². The second kappa shape index (κ2) is 14.6. The maximum absolute atomic E-state index is 6.97. The number of rotatable bonds is 6. The number of anilines is 6. The van der Waals surface area contributed by atoms with Crippen LogP contribution in [0.2, 0.25) is 0 Å². The third-order valence-electron chi connectivity index (χ3n) is 14.9. The fraction of sp³-hybridized carbons (Fsp3) is 0.0312. The maximum Gasteiger partial charge on any atom is 0.178 e. The molecule has 0 saturated heterocycles. The average Bonchev–Trinajstić information content (AvgIpc) is 4.15. The van der Waals surface area contributed by atoms with Crippen LogP contribution in [-0.2, 0) is 14.1 Å². The molecule has 0 bridgehead atoms. The van der Waals surface area contributed by atoms with Gasteiger partial charge >= 0.3 is 0 Å². The number of para-hydroxylation sites is 4. The van der Waals surface area contributed by atoms with Gasteiger partial charge in [0.25, 0.3) is 0 Å². The van der Waals surface area contributed by atoms with Crippen LogP contribution in [0, 0.1) is 0 Å². The first-order valence-electron chi connectivity index (χ1n) is 23.9. The number of nitrogens with zero attached hydrogens (tertiary/aromatic N) is 4. The molecule has 11 aromatic carbocycles. The van der Waals surface area contributed by atoms with Gasteiger partial charge in [-0.25, -0.2) is 0 Å². The Balaban J connectivity index is 0.845. The summed E-state index contributed by atoms with van der Waals surface area (Å²) in [5, 5.41) is 13.5. The van der Waals surface area contributed by atoms with Crippen LogP contribution in [0.15, 0.2) is 227 Å². The molecule has 0 aliphatic rings. The Labute approximate surface area is 401 Å². The van der Waals surface area contributed by atoms with Gasteiger partial charge in [-0.05, 0) is 144 Å². The molecular weight excluding hydrogens is 857 g/mol. The van der Waals surface area contributed by atoms with E-state index in [1.54, 1.807) is 0 Å². The first-order chi connectivity index (χ1) is 34.5. The Hall–Kier alpha value is -9.26. The fourth-order valence-electron chi connectivity index (χ4n) is 11.5. The van der Waals surface area contributed by atoms with Crippen LogP contribution in [-0.4, -0.2) is 9.13 Å². The van der Waals surface area contributed by atoms with Crippen molar-refractivity contribution in [3.05, 3.63) is 218 Å². The molecule has 0 radical (unpaired) electrons. The minimum Gasteiger partial charge on any atom is -0.451 e. The topological polar surface area (TPSA) is 42.6 Å².